The number of aliphatic hydroxyl groups excluding tert-OH is 1. The SMILES string of the molecule is CCCC[C@@H](C)C=C1CN2CCC[C@H]2[C@@](C)(O)[C@@H]1O. The summed E-state index contributed by atoms with van der Waals surface area (Å²) >= 11 is 0. The van der Waals surface area contributed by atoms with Crippen LogP contribution in [0.25, 0.3) is 0 Å². The van der Waals surface area contributed by atoms with Crippen molar-refractivity contribution >= 4 is 0 Å². The van der Waals surface area contributed by atoms with E-state index in [1.807, 2.05) is 0 Å². The van der Waals surface area contributed by atoms with Gasteiger partial charge in [0.05, 0.1) is 0 Å². The summed E-state index contributed by atoms with van der Waals surface area (Å²) in [6, 6.07) is 0.130. The van der Waals surface area contributed by atoms with Gasteiger partial charge in [0.15, 0.2) is 0 Å². The topological polar surface area (TPSA) is 43.7 Å². The predicted molar refractivity (Wildman–Crippen MR) is 78.0 cm³/mol. The number of aliphatic hydroxyl groups is 2. The van der Waals surface area contributed by atoms with Crippen LogP contribution in [0, 0.1) is 5.92 Å². The molecule has 2 rings (SSSR count). The highest BCUT2D eigenvalue weighted by Crippen LogP contribution is 2.37. The molecule has 2 saturated heterocycles. The summed E-state index contributed by atoms with van der Waals surface area (Å²) < 4.78 is 0. The third-order valence-electron chi connectivity index (χ3n) is 4.84. The molecule has 2 fully saturated rings. The maximum Gasteiger partial charge on any atom is 0.107 e. The zero-order valence-electron chi connectivity index (χ0n) is 12.6. The second-order valence-electron chi connectivity index (χ2n) is 6.62. The summed E-state index contributed by atoms with van der Waals surface area (Å²) in [5.74, 6) is 0.486. The van der Waals surface area contributed by atoms with Crippen molar-refractivity contribution in [1.82, 2.24) is 4.90 Å². The molecule has 110 valence electrons. The molecular formula is C16H29NO2. The first-order chi connectivity index (χ1) is 8.96. The van der Waals surface area contributed by atoms with Crippen molar-refractivity contribution in [2.24, 2.45) is 5.92 Å². The largest absolute Gasteiger partial charge is 0.386 e. The molecular weight excluding hydrogens is 238 g/mol. The molecule has 0 amide bonds. The van der Waals surface area contributed by atoms with E-state index >= 15 is 0 Å². The number of rotatable bonds is 4. The van der Waals surface area contributed by atoms with Crippen molar-refractivity contribution in [3.05, 3.63) is 11.6 Å². The molecule has 0 unspecified atom stereocenters. The smallest absolute Gasteiger partial charge is 0.107 e. The molecule has 0 bridgehead atoms. The Balaban J connectivity index is 2.10. The molecule has 0 spiro atoms. The molecule has 2 heterocycles. The number of nitrogens with zero attached hydrogens (tertiary/aromatic N) is 1. The normalized spacial score (nSPS) is 39.5. The molecule has 0 radical (unpaired) electrons. The molecule has 19 heavy (non-hydrogen) atoms. The molecule has 3 heteroatoms. The van der Waals surface area contributed by atoms with Crippen LogP contribution in [0.3, 0.4) is 0 Å². The van der Waals surface area contributed by atoms with E-state index in [9.17, 15) is 10.2 Å². The summed E-state index contributed by atoms with van der Waals surface area (Å²) in [4.78, 5) is 2.34. The Morgan fingerprint density at radius 2 is 2.26 bits per heavy atom. The van der Waals surface area contributed by atoms with E-state index in [-0.39, 0.29) is 6.04 Å². The number of hydrogen-bond acceptors (Lipinski definition) is 3. The Morgan fingerprint density at radius 1 is 1.53 bits per heavy atom. The van der Waals surface area contributed by atoms with E-state index in [0.29, 0.717) is 5.92 Å². The van der Waals surface area contributed by atoms with Gasteiger partial charge in [-0.15, -0.1) is 0 Å². The average molecular weight is 267 g/mol. The van der Waals surface area contributed by atoms with Crippen LogP contribution < -0.4 is 0 Å². The molecule has 0 aromatic heterocycles. The molecule has 0 saturated carbocycles. The van der Waals surface area contributed by atoms with Crippen LogP contribution in [0.4, 0.5) is 0 Å². The second-order valence-corrected chi connectivity index (χ2v) is 6.62. The van der Waals surface area contributed by atoms with E-state index < -0.39 is 11.7 Å². The summed E-state index contributed by atoms with van der Waals surface area (Å²) in [7, 11) is 0. The number of hydrogen-bond donors (Lipinski definition) is 2. The van der Waals surface area contributed by atoms with Gasteiger partial charge in [-0.05, 0) is 44.2 Å². The highest BCUT2D eigenvalue weighted by Gasteiger charge is 2.49. The minimum absolute atomic E-state index is 0.130. The number of allylic oxidation sites excluding steroid dienone is 1. The minimum atomic E-state index is -0.995. The standard InChI is InChI=1S/C16H29NO2/c1-4-5-7-12(2)10-13-11-17-9-6-8-14(17)16(3,19)15(13)18/h10,12,14-15,18-19H,4-9,11H2,1-3H3/t12-,14+,15-,16-/m1/s1. The lowest BCUT2D eigenvalue weighted by Gasteiger charge is -2.46. The van der Waals surface area contributed by atoms with Crippen molar-refractivity contribution in [3.63, 3.8) is 0 Å². The zero-order valence-corrected chi connectivity index (χ0v) is 12.6. The van der Waals surface area contributed by atoms with Crippen molar-refractivity contribution in [1.29, 1.82) is 0 Å². The Labute approximate surface area is 117 Å². The lowest BCUT2D eigenvalue weighted by Crippen LogP contribution is -2.61. The fourth-order valence-electron chi connectivity index (χ4n) is 3.67. The lowest BCUT2D eigenvalue weighted by atomic mass is 9.80. The van der Waals surface area contributed by atoms with Crippen LogP contribution in [0.15, 0.2) is 11.6 Å². The molecule has 4 atom stereocenters. The Bertz CT molecular complexity index is 338. The summed E-state index contributed by atoms with van der Waals surface area (Å²) in [6.07, 6.45) is 7.23. The van der Waals surface area contributed by atoms with Gasteiger partial charge in [0, 0.05) is 12.6 Å². The molecule has 2 aliphatic heterocycles. The Hall–Kier alpha value is -0.380. The minimum Gasteiger partial charge on any atom is -0.386 e. The quantitative estimate of drug-likeness (QED) is 0.768. The van der Waals surface area contributed by atoms with Crippen LogP contribution in [0.2, 0.25) is 0 Å². The highest BCUT2D eigenvalue weighted by molar-refractivity contribution is 5.23. The molecule has 0 aromatic carbocycles. The van der Waals surface area contributed by atoms with Gasteiger partial charge in [-0.3, -0.25) is 4.90 Å². The number of unbranched alkanes of at least 4 members (excludes halogenated alkanes) is 1. The Morgan fingerprint density at radius 3 is 2.95 bits per heavy atom. The lowest BCUT2D eigenvalue weighted by molar-refractivity contribution is -0.110. The molecule has 0 aliphatic carbocycles. The van der Waals surface area contributed by atoms with Gasteiger partial charge < -0.3 is 10.2 Å². The van der Waals surface area contributed by atoms with E-state index in [2.05, 4.69) is 24.8 Å². The Kier molecular flexibility index (Phi) is 4.70. The van der Waals surface area contributed by atoms with Gasteiger partial charge in [0.2, 0.25) is 0 Å². The summed E-state index contributed by atoms with van der Waals surface area (Å²) in [5, 5.41) is 21.1. The average Bonchev–Trinajstić information content (AvgIpc) is 2.82. The van der Waals surface area contributed by atoms with Crippen molar-refractivity contribution in [3.8, 4) is 0 Å². The monoisotopic (exact) mass is 267 g/mol. The summed E-state index contributed by atoms with van der Waals surface area (Å²) in [5.41, 5.74) is 0.0252. The molecule has 2 N–H and O–H groups in total. The second kappa shape index (κ2) is 5.94. The maximum atomic E-state index is 10.6. The van der Waals surface area contributed by atoms with Gasteiger partial charge in [0.1, 0.15) is 11.7 Å². The molecule has 0 aromatic rings. The first-order valence-corrected chi connectivity index (χ1v) is 7.82. The van der Waals surface area contributed by atoms with Crippen LogP contribution >= 0.6 is 0 Å². The first kappa shape index (κ1) is 15.0. The van der Waals surface area contributed by atoms with Gasteiger partial charge in [-0.1, -0.05) is 32.8 Å². The molecule has 3 nitrogen and oxygen atoms in total. The van der Waals surface area contributed by atoms with E-state index in [1.54, 1.807) is 6.92 Å². The van der Waals surface area contributed by atoms with Crippen molar-refractivity contribution in [2.45, 2.75) is 70.6 Å². The number of piperidine rings is 1. The summed E-state index contributed by atoms with van der Waals surface area (Å²) in [6.45, 7) is 8.09. The third kappa shape index (κ3) is 3.04. The third-order valence-corrected chi connectivity index (χ3v) is 4.84. The van der Waals surface area contributed by atoms with Gasteiger partial charge in [0.25, 0.3) is 0 Å². The van der Waals surface area contributed by atoms with Gasteiger partial charge in [-0.25, -0.2) is 0 Å². The highest BCUT2D eigenvalue weighted by atomic mass is 16.3. The fourth-order valence-corrected chi connectivity index (χ4v) is 3.67. The first-order valence-electron chi connectivity index (χ1n) is 7.82. The predicted octanol–water partition coefficient (Wildman–Crippen LogP) is 2.33. The van der Waals surface area contributed by atoms with E-state index in [4.69, 9.17) is 0 Å². The van der Waals surface area contributed by atoms with Crippen LogP contribution in [-0.4, -0.2) is 45.9 Å². The van der Waals surface area contributed by atoms with E-state index in [0.717, 1.165) is 37.9 Å². The maximum absolute atomic E-state index is 10.6. The van der Waals surface area contributed by atoms with Crippen LogP contribution in [0.1, 0.15) is 52.9 Å². The number of fused-ring (bicyclic) bond motifs is 1. The molecule has 2 aliphatic rings. The van der Waals surface area contributed by atoms with Crippen LogP contribution in [0.5, 0.6) is 0 Å². The zero-order chi connectivity index (χ0) is 14.0. The van der Waals surface area contributed by atoms with E-state index in [1.165, 1.54) is 12.8 Å². The van der Waals surface area contributed by atoms with Crippen LogP contribution in [-0.2, 0) is 0 Å². The fraction of sp³-hybridized carbons (Fsp3) is 0.875. The van der Waals surface area contributed by atoms with Crippen molar-refractivity contribution in [2.75, 3.05) is 13.1 Å². The van der Waals surface area contributed by atoms with Gasteiger partial charge in [-0.2, -0.15) is 0 Å². The van der Waals surface area contributed by atoms with Gasteiger partial charge >= 0.3 is 0 Å². The van der Waals surface area contributed by atoms with Crippen molar-refractivity contribution < 1.29 is 10.2 Å².